The van der Waals surface area contributed by atoms with E-state index in [9.17, 15) is 18.0 Å². The molecule has 27 heavy (non-hydrogen) atoms. The summed E-state index contributed by atoms with van der Waals surface area (Å²) in [6, 6.07) is 7.81. The Bertz CT molecular complexity index is 1110. The molecule has 1 aromatic carbocycles. The highest BCUT2D eigenvalue weighted by Crippen LogP contribution is 2.36. The fourth-order valence-electron chi connectivity index (χ4n) is 3.01. The van der Waals surface area contributed by atoms with Crippen LogP contribution in [0, 0.1) is 4.77 Å². The normalized spacial score (nSPS) is 12.1. The summed E-state index contributed by atoms with van der Waals surface area (Å²) in [5, 5.41) is -0.501. The summed E-state index contributed by atoms with van der Waals surface area (Å²) in [5.74, 6) is 0. The zero-order valence-corrected chi connectivity index (χ0v) is 15.8. The minimum atomic E-state index is -4.70. The molecule has 0 atom stereocenters. The van der Waals surface area contributed by atoms with Crippen LogP contribution < -0.4 is 5.56 Å². The number of alkyl halides is 3. The first-order chi connectivity index (χ1) is 12.6. The molecule has 142 valence electrons. The maximum absolute atomic E-state index is 13.7. The lowest BCUT2D eigenvalue weighted by molar-refractivity contribution is -0.136. The van der Waals surface area contributed by atoms with Gasteiger partial charge < -0.3 is 0 Å². The Kier molecular flexibility index (Phi) is 4.94. The minimum Gasteiger partial charge on any atom is -0.300 e. The number of H-pyrrole nitrogens is 1. The summed E-state index contributed by atoms with van der Waals surface area (Å²) in [6.07, 6.45) is -3.88. The number of fused-ring (bicyclic) bond motifs is 1. The summed E-state index contributed by atoms with van der Waals surface area (Å²) < 4.78 is 42.7. The van der Waals surface area contributed by atoms with E-state index in [-0.39, 0.29) is 22.2 Å². The van der Waals surface area contributed by atoms with E-state index >= 15 is 0 Å². The molecule has 2 aromatic heterocycles. The number of rotatable bonds is 3. The number of benzene rings is 1. The zero-order valence-electron chi connectivity index (χ0n) is 15.0. The van der Waals surface area contributed by atoms with Crippen LogP contribution >= 0.6 is 12.2 Å². The molecular formula is C19H18F3N3OS. The highest BCUT2D eigenvalue weighted by Gasteiger charge is 2.35. The van der Waals surface area contributed by atoms with Gasteiger partial charge in [-0.25, -0.2) is 4.98 Å². The zero-order chi connectivity index (χ0) is 19.9. The fourth-order valence-corrected chi connectivity index (χ4v) is 3.40. The molecule has 3 rings (SSSR count). The van der Waals surface area contributed by atoms with Crippen molar-refractivity contribution in [3.05, 3.63) is 56.6 Å². The molecule has 3 aromatic rings. The molecule has 0 amide bonds. The third-order valence-corrected chi connectivity index (χ3v) is 4.67. The summed E-state index contributed by atoms with van der Waals surface area (Å²) in [7, 11) is 0. The van der Waals surface area contributed by atoms with Crippen molar-refractivity contribution in [1.82, 2.24) is 14.5 Å². The average molecular weight is 393 g/mol. The Labute approximate surface area is 158 Å². The number of aromatic nitrogens is 3. The van der Waals surface area contributed by atoms with Crippen LogP contribution in [0.3, 0.4) is 0 Å². The number of aryl methyl sites for hydroxylation is 1. The van der Waals surface area contributed by atoms with Gasteiger partial charge in [0.1, 0.15) is 5.65 Å². The lowest BCUT2D eigenvalue weighted by Gasteiger charge is -2.18. The van der Waals surface area contributed by atoms with Crippen molar-refractivity contribution < 1.29 is 13.2 Å². The van der Waals surface area contributed by atoms with Crippen LogP contribution in [-0.4, -0.2) is 14.5 Å². The van der Waals surface area contributed by atoms with Crippen molar-refractivity contribution >= 4 is 23.3 Å². The predicted octanol–water partition coefficient (Wildman–Crippen LogP) is 5.28. The van der Waals surface area contributed by atoms with E-state index in [1.54, 1.807) is 26.0 Å². The maximum Gasteiger partial charge on any atom is 0.417 e. The van der Waals surface area contributed by atoms with Crippen molar-refractivity contribution in [3.63, 3.8) is 0 Å². The van der Waals surface area contributed by atoms with Crippen LogP contribution in [0.4, 0.5) is 13.2 Å². The first-order valence-electron chi connectivity index (χ1n) is 8.49. The number of pyridine rings is 1. The van der Waals surface area contributed by atoms with Crippen LogP contribution in [0.2, 0.25) is 0 Å². The van der Waals surface area contributed by atoms with Gasteiger partial charge in [-0.2, -0.15) is 13.2 Å². The lowest BCUT2D eigenvalue weighted by Crippen LogP contribution is -2.21. The van der Waals surface area contributed by atoms with Crippen molar-refractivity contribution in [1.29, 1.82) is 0 Å². The molecule has 0 aliphatic heterocycles. The van der Waals surface area contributed by atoms with Crippen LogP contribution in [0.15, 0.2) is 35.1 Å². The van der Waals surface area contributed by atoms with Crippen LogP contribution in [0.25, 0.3) is 22.3 Å². The Hall–Kier alpha value is -2.48. The predicted molar refractivity (Wildman–Crippen MR) is 101 cm³/mol. The van der Waals surface area contributed by atoms with Crippen molar-refractivity contribution in [2.45, 2.75) is 39.4 Å². The Morgan fingerprint density at radius 1 is 1.22 bits per heavy atom. The molecule has 4 nitrogen and oxygen atoms in total. The van der Waals surface area contributed by atoms with Crippen molar-refractivity contribution in [3.8, 4) is 11.3 Å². The monoisotopic (exact) mass is 393 g/mol. The van der Waals surface area contributed by atoms with E-state index in [0.717, 1.165) is 18.1 Å². The number of nitrogens with one attached hydrogen (secondary N) is 1. The van der Waals surface area contributed by atoms with E-state index in [1.807, 2.05) is 19.1 Å². The van der Waals surface area contributed by atoms with Crippen LogP contribution in [0.1, 0.15) is 37.9 Å². The number of halogens is 3. The van der Waals surface area contributed by atoms with Gasteiger partial charge in [0.05, 0.1) is 16.6 Å². The lowest BCUT2D eigenvalue weighted by atomic mass is 10.0. The summed E-state index contributed by atoms with van der Waals surface area (Å²) in [5.41, 5.74) is -0.222. The van der Waals surface area contributed by atoms with Gasteiger partial charge in [0, 0.05) is 11.6 Å². The second-order valence-corrected chi connectivity index (χ2v) is 6.91. The molecule has 0 radical (unpaired) electrons. The molecule has 0 fully saturated rings. The molecule has 0 bridgehead atoms. The summed E-state index contributed by atoms with van der Waals surface area (Å²) in [6.45, 7) is 5.53. The molecule has 1 N–H and O–H groups in total. The molecule has 0 aliphatic carbocycles. The quantitative estimate of drug-likeness (QED) is 0.616. The summed E-state index contributed by atoms with van der Waals surface area (Å²) >= 11 is 5.16. The van der Waals surface area contributed by atoms with Crippen molar-refractivity contribution in [2.24, 2.45) is 0 Å². The molecule has 0 aliphatic rings. The Balaban J connectivity index is 2.45. The van der Waals surface area contributed by atoms with Crippen molar-refractivity contribution in [2.75, 3.05) is 0 Å². The Morgan fingerprint density at radius 2 is 1.85 bits per heavy atom. The number of nitrogens with zero attached hydrogens (tertiary/aromatic N) is 2. The number of aromatic amines is 1. The van der Waals surface area contributed by atoms with E-state index < -0.39 is 22.7 Å². The SMILES string of the molecule is CCc1ccc(-c2cc(C(F)(F)F)c3c(=O)[nH]c(=S)n(C(C)C)c3n2)cc1. The largest absolute Gasteiger partial charge is 0.417 e. The van der Waals surface area contributed by atoms with Gasteiger partial charge in [-0.15, -0.1) is 0 Å². The smallest absolute Gasteiger partial charge is 0.300 e. The number of hydrogen-bond donors (Lipinski definition) is 1. The minimum absolute atomic E-state index is 0.0432. The highest BCUT2D eigenvalue weighted by atomic mass is 32.1. The van der Waals surface area contributed by atoms with Gasteiger partial charge in [0.15, 0.2) is 4.77 Å². The molecule has 0 saturated heterocycles. The van der Waals surface area contributed by atoms with Gasteiger partial charge in [0.25, 0.3) is 5.56 Å². The molecule has 0 saturated carbocycles. The van der Waals surface area contributed by atoms with Crippen LogP contribution in [-0.2, 0) is 12.6 Å². The maximum atomic E-state index is 13.7. The van der Waals surface area contributed by atoms with E-state index in [0.29, 0.717) is 5.56 Å². The molecule has 0 spiro atoms. The third kappa shape index (κ3) is 3.53. The first kappa shape index (κ1) is 19.3. The molecule has 8 heteroatoms. The fraction of sp³-hybridized carbons (Fsp3) is 0.316. The van der Waals surface area contributed by atoms with Gasteiger partial charge in [-0.05, 0) is 44.1 Å². The van der Waals surface area contributed by atoms with E-state index in [4.69, 9.17) is 12.2 Å². The standard InChI is InChI=1S/C19H18F3N3OS/c1-4-11-5-7-12(8-6-11)14-9-13(19(20,21)22)15-16(23-14)25(10(2)3)18(27)24-17(15)26/h5-10H,4H2,1-3H3,(H,24,26,27). The van der Waals surface area contributed by atoms with E-state index in [2.05, 4.69) is 9.97 Å². The molecular weight excluding hydrogens is 375 g/mol. The van der Waals surface area contributed by atoms with Crippen LogP contribution in [0.5, 0.6) is 0 Å². The second-order valence-electron chi connectivity index (χ2n) is 6.52. The third-order valence-electron chi connectivity index (χ3n) is 4.37. The Morgan fingerprint density at radius 3 is 2.37 bits per heavy atom. The second kappa shape index (κ2) is 6.92. The van der Waals surface area contributed by atoms with Gasteiger partial charge in [-0.3, -0.25) is 14.3 Å². The molecule has 0 unspecified atom stereocenters. The number of hydrogen-bond acceptors (Lipinski definition) is 3. The highest BCUT2D eigenvalue weighted by molar-refractivity contribution is 7.71. The first-order valence-corrected chi connectivity index (χ1v) is 8.90. The van der Waals surface area contributed by atoms with Gasteiger partial charge in [0.2, 0.25) is 0 Å². The topological polar surface area (TPSA) is 50.7 Å². The average Bonchev–Trinajstić information content (AvgIpc) is 2.59. The molecule has 2 heterocycles. The van der Waals surface area contributed by atoms with Gasteiger partial charge in [-0.1, -0.05) is 31.2 Å². The van der Waals surface area contributed by atoms with Gasteiger partial charge >= 0.3 is 6.18 Å². The summed E-state index contributed by atoms with van der Waals surface area (Å²) in [4.78, 5) is 19.0. The van der Waals surface area contributed by atoms with E-state index in [1.165, 1.54) is 4.57 Å².